The number of oxime groups is 2. The molecule has 0 saturated carbocycles. The van der Waals surface area contributed by atoms with Crippen LogP contribution in [0.2, 0.25) is 0 Å². The zero-order valence-electron chi connectivity index (χ0n) is 23.5. The second kappa shape index (κ2) is 14.1. The molecule has 0 N–H and O–H groups in total. The highest BCUT2D eigenvalue weighted by Crippen LogP contribution is 2.41. The zero-order chi connectivity index (χ0) is 30.1. The quantitative estimate of drug-likeness (QED) is 0.0629. The van der Waals surface area contributed by atoms with E-state index in [2.05, 4.69) is 29.0 Å². The van der Waals surface area contributed by atoms with E-state index < -0.39 is 9.85 Å². The SMILES string of the molecule is CCCC(CC)CC/C(=N\OC=O)c1cc([N+](=O)[O-])c2c(c1)c1cc(/C(CC)=N/OC=O)cc([N+](=O)[O-])c1n2CC. The summed E-state index contributed by atoms with van der Waals surface area (Å²) in [6.07, 6.45) is 4.39. The molecule has 3 aromatic rings. The molecule has 0 aliphatic heterocycles. The molecule has 0 aliphatic carbocycles. The van der Waals surface area contributed by atoms with Crippen LogP contribution >= 0.6 is 0 Å². The molecule has 13 heteroatoms. The van der Waals surface area contributed by atoms with Crippen molar-refractivity contribution in [1.29, 1.82) is 0 Å². The lowest BCUT2D eigenvalue weighted by Gasteiger charge is -2.14. The van der Waals surface area contributed by atoms with Crippen LogP contribution in [0.25, 0.3) is 21.8 Å². The van der Waals surface area contributed by atoms with Crippen LogP contribution < -0.4 is 0 Å². The number of nitro benzene ring substituents is 2. The number of benzene rings is 2. The van der Waals surface area contributed by atoms with Crippen molar-refractivity contribution in [3.63, 3.8) is 0 Å². The van der Waals surface area contributed by atoms with Gasteiger partial charge in [-0.2, -0.15) is 0 Å². The molecule has 218 valence electrons. The normalized spacial score (nSPS) is 12.9. The highest BCUT2D eigenvalue weighted by molar-refractivity contribution is 6.18. The van der Waals surface area contributed by atoms with Crippen LogP contribution in [0, 0.1) is 26.1 Å². The molecule has 0 radical (unpaired) electrons. The highest BCUT2D eigenvalue weighted by Gasteiger charge is 2.28. The van der Waals surface area contributed by atoms with Crippen molar-refractivity contribution < 1.29 is 29.1 Å². The first-order valence-electron chi connectivity index (χ1n) is 13.5. The van der Waals surface area contributed by atoms with Crippen molar-refractivity contribution in [2.24, 2.45) is 16.2 Å². The Morgan fingerprint density at radius 3 is 1.78 bits per heavy atom. The summed E-state index contributed by atoms with van der Waals surface area (Å²) in [4.78, 5) is 54.6. The van der Waals surface area contributed by atoms with E-state index in [0.717, 1.165) is 25.7 Å². The zero-order valence-corrected chi connectivity index (χ0v) is 23.5. The summed E-state index contributed by atoms with van der Waals surface area (Å²) in [6, 6.07) is 6.02. The Hall–Kier alpha value is -4.68. The number of aromatic nitrogens is 1. The van der Waals surface area contributed by atoms with E-state index >= 15 is 0 Å². The van der Waals surface area contributed by atoms with Crippen molar-refractivity contribution in [3.8, 4) is 0 Å². The van der Waals surface area contributed by atoms with Crippen LogP contribution in [0.5, 0.6) is 0 Å². The first-order valence-corrected chi connectivity index (χ1v) is 13.5. The maximum absolute atomic E-state index is 12.4. The van der Waals surface area contributed by atoms with Gasteiger partial charge in [-0.25, -0.2) is 0 Å². The molecule has 0 amide bonds. The molecular formula is C28H33N5O8. The van der Waals surface area contributed by atoms with Crippen molar-refractivity contribution in [1.82, 2.24) is 4.57 Å². The van der Waals surface area contributed by atoms with Gasteiger partial charge >= 0.3 is 12.9 Å². The Labute approximate surface area is 236 Å². The van der Waals surface area contributed by atoms with Gasteiger partial charge in [0.2, 0.25) is 0 Å². The molecule has 1 unspecified atom stereocenters. The van der Waals surface area contributed by atoms with Crippen LogP contribution in [0.4, 0.5) is 11.4 Å². The van der Waals surface area contributed by atoms with E-state index in [9.17, 15) is 29.8 Å². The van der Waals surface area contributed by atoms with E-state index in [0.29, 0.717) is 46.4 Å². The van der Waals surface area contributed by atoms with Gasteiger partial charge in [-0.1, -0.05) is 50.3 Å². The van der Waals surface area contributed by atoms with E-state index in [1.807, 2.05) is 0 Å². The second-order valence-electron chi connectivity index (χ2n) is 9.48. The smallest absolute Gasteiger partial charge is 0.323 e. The number of aryl methyl sites for hydroxylation is 1. The number of carbonyl (C=O) groups excluding carboxylic acids is 2. The van der Waals surface area contributed by atoms with E-state index in [1.165, 1.54) is 12.1 Å². The first kappa shape index (κ1) is 30.9. The largest absolute Gasteiger partial charge is 0.330 e. The van der Waals surface area contributed by atoms with Crippen molar-refractivity contribution in [3.05, 3.63) is 55.6 Å². The first-order chi connectivity index (χ1) is 19.8. The molecular weight excluding hydrogens is 534 g/mol. The lowest BCUT2D eigenvalue weighted by molar-refractivity contribution is -0.383. The van der Waals surface area contributed by atoms with Crippen molar-refractivity contribution >= 4 is 57.5 Å². The standard InChI is InChI=1S/C28H33N5O8/c1-5-9-18(6-2)10-11-24(30-41-17-35)20-13-22-21-12-19(23(7-3)29-40-16-34)14-25(32(36)37)27(21)31(8-4)28(22)26(15-20)33(38)39/h12-18H,5-11H2,1-4H3/b29-23+,30-24+. The summed E-state index contributed by atoms with van der Waals surface area (Å²) >= 11 is 0. The number of hydrogen-bond donors (Lipinski definition) is 0. The fraction of sp³-hybridized carbons (Fsp3) is 0.429. The monoisotopic (exact) mass is 567 g/mol. The minimum atomic E-state index is -0.555. The number of carbonyl (C=O) groups is 2. The Kier molecular flexibility index (Phi) is 10.6. The Morgan fingerprint density at radius 2 is 1.37 bits per heavy atom. The fourth-order valence-electron chi connectivity index (χ4n) is 5.29. The minimum Gasteiger partial charge on any atom is -0.330 e. The van der Waals surface area contributed by atoms with Gasteiger partial charge in [-0.3, -0.25) is 29.8 Å². The third-order valence-electron chi connectivity index (χ3n) is 7.20. The molecule has 0 fully saturated rings. The Balaban J connectivity index is 2.42. The number of fused-ring (bicyclic) bond motifs is 3. The summed E-state index contributed by atoms with van der Waals surface area (Å²) in [5, 5.41) is 33.1. The van der Waals surface area contributed by atoms with Gasteiger partial charge in [0.15, 0.2) is 0 Å². The van der Waals surface area contributed by atoms with Crippen LogP contribution in [0.3, 0.4) is 0 Å². The van der Waals surface area contributed by atoms with Gasteiger partial charge in [0.05, 0.1) is 21.3 Å². The summed E-state index contributed by atoms with van der Waals surface area (Å²) in [6.45, 7) is 8.23. The van der Waals surface area contributed by atoms with Crippen LogP contribution in [-0.4, -0.2) is 38.8 Å². The fourth-order valence-corrected chi connectivity index (χ4v) is 5.29. The third-order valence-corrected chi connectivity index (χ3v) is 7.20. The number of nitrogens with zero attached hydrogens (tertiary/aromatic N) is 5. The number of hydrogen-bond acceptors (Lipinski definition) is 10. The van der Waals surface area contributed by atoms with Crippen LogP contribution in [0.1, 0.15) is 77.3 Å². The van der Waals surface area contributed by atoms with Gasteiger partial charge < -0.3 is 14.2 Å². The molecule has 0 bridgehead atoms. The maximum Gasteiger partial charge on any atom is 0.323 e. The van der Waals surface area contributed by atoms with Crippen LogP contribution in [0.15, 0.2) is 34.6 Å². The predicted molar refractivity (Wildman–Crippen MR) is 154 cm³/mol. The van der Waals surface area contributed by atoms with Gasteiger partial charge in [0.25, 0.3) is 11.4 Å². The molecule has 1 heterocycles. The molecule has 1 aromatic heterocycles. The molecule has 0 aliphatic rings. The molecule has 13 nitrogen and oxygen atoms in total. The van der Waals surface area contributed by atoms with Gasteiger partial charge in [0, 0.05) is 40.6 Å². The Bertz CT molecular complexity index is 1530. The number of nitro groups is 2. The summed E-state index contributed by atoms with van der Waals surface area (Å²) < 4.78 is 1.55. The lowest BCUT2D eigenvalue weighted by atomic mass is 9.92. The number of rotatable bonds is 16. The minimum absolute atomic E-state index is 0.146. The summed E-state index contributed by atoms with van der Waals surface area (Å²) in [7, 11) is 0. The maximum atomic E-state index is 12.4. The molecule has 41 heavy (non-hydrogen) atoms. The molecule has 0 saturated heterocycles. The van der Waals surface area contributed by atoms with Crippen LogP contribution in [-0.2, 0) is 25.8 Å². The van der Waals surface area contributed by atoms with Gasteiger partial charge in [-0.15, -0.1) is 0 Å². The Morgan fingerprint density at radius 1 is 0.854 bits per heavy atom. The third kappa shape index (κ3) is 6.56. The second-order valence-corrected chi connectivity index (χ2v) is 9.48. The van der Waals surface area contributed by atoms with Gasteiger partial charge in [0.1, 0.15) is 11.0 Å². The average molecular weight is 568 g/mol. The summed E-state index contributed by atoms with van der Waals surface area (Å²) in [5.41, 5.74) is 1.23. The molecule has 3 rings (SSSR count). The number of non-ortho nitro benzene ring substituents is 2. The highest BCUT2D eigenvalue weighted by atomic mass is 16.7. The summed E-state index contributed by atoms with van der Waals surface area (Å²) in [5.74, 6) is 0.396. The van der Waals surface area contributed by atoms with Crippen molar-refractivity contribution in [2.75, 3.05) is 0 Å². The van der Waals surface area contributed by atoms with E-state index in [4.69, 9.17) is 4.84 Å². The molecule has 0 spiro atoms. The van der Waals surface area contributed by atoms with Crippen molar-refractivity contribution in [2.45, 2.75) is 72.8 Å². The van der Waals surface area contributed by atoms with Gasteiger partial charge in [-0.05, 0) is 44.2 Å². The van der Waals surface area contributed by atoms with E-state index in [1.54, 1.807) is 30.5 Å². The molecule has 1 atom stereocenters. The van der Waals surface area contributed by atoms with E-state index in [-0.39, 0.29) is 47.6 Å². The predicted octanol–water partition coefficient (Wildman–Crippen LogP) is 6.40. The lowest BCUT2D eigenvalue weighted by Crippen LogP contribution is -2.08. The molecule has 2 aromatic carbocycles. The average Bonchev–Trinajstić information content (AvgIpc) is 3.29. The topological polar surface area (TPSA) is 169 Å².